The highest BCUT2D eigenvalue weighted by molar-refractivity contribution is 7.70. The molecule has 0 saturated heterocycles. The maximum absolute atomic E-state index is 14.0. The SMILES string of the molecule is CCOP1(=O)C(c2ccccc2)=C(C(=O)OC)CC1c1ccccc1. The highest BCUT2D eigenvalue weighted by Gasteiger charge is 2.49. The van der Waals surface area contributed by atoms with Crippen molar-refractivity contribution in [3.8, 4) is 0 Å². The number of benzene rings is 2. The fourth-order valence-electron chi connectivity index (χ4n) is 3.34. The molecule has 130 valence electrons. The second-order valence-corrected chi connectivity index (χ2v) is 8.35. The van der Waals surface area contributed by atoms with Crippen molar-refractivity contribution in [2.24, 2.45) is 0 Å². The van der Waals surface area contributed by atoms with E-state index in [1.54, 1.807) is 0 Å². The standard InChI is InChI=1S/C20H21O4P/c1-3-24-25(22)18(15-10-6-4-7-11-15)14-17(20(21)23-2)19(25)16-12-8-5-9-13-16/h4-13,18H,3,14H2,1-2H3. The summed E-state index contributed by atoms with van der Waals surface area (Å²) in [5.74, 6) is -0.447. The summed E-state index contributed by atoms with van der Waals surface area (Å²) in [6.07, 6.45) is 0.345. The van der Waals surface area contributed by atoms with Gasteiger partial charge in [-0.1, -0.05) is 60.7 Å². The molecule has 0 aromatic heterocycles. The Bertz CT molecular complexity index is 827. The number of carbonyl (C=O) groups excluding carboxylic acids is 1. The van der Waals surface area contributed by atoms with Crippen LogP contribution in [0.3, 0.4) is 0 Å². The first-order valence-electron chi connectivity index (χ1n) is 8.28. The van der Waals surface area contributed by atoms with Gasteiger partial charge in [-0.3, -0.25) is 4.57 Å². The summed E-state index contributed by atoms with van der Waals surface area (Å²) in [6.45, 7) is 2.13. The summed E-state index contributed by atoms with van der Waals surface area (Å²) in [5, 5.41) is 0.496. The van der Waals surface area contributed by atoms with Crippen molar-refractivity contribution in [2.45, 2.75) is 19.0 Å². The Balaban J connectivity index is 2.20. The number of carbonyl (C=O) groups is 1. The van der Waals surface area contributed by atoms with E-state index in [2.05, 4.69) is 0 Å². The van der Waals surface area contributed by atoms with Crippen LogP contribution in [0.5, 0.6) is 0 Å². The average Bonchev–Trinajstić information content (AvgIpc) is 2.95. The van der Waals surface area contributed by atoms with Gasteiger partial charge in [0.05, 0.1) is 30.3 Å². The van der Waals surface area contributed by atoms with E-state index < -0.39 is 13.3 Å². The topological polar surface area (TPSA) is 52.6 Å². The van der Waals surface area contributed by atoms with Crippen LogP contribution >= 0.6 is 7.37 Å². The molecule has 0 spiro atoms. The third kappa shape index (κ3) is 3.20. The molecule has 5 heteroatoms. The average molecular weight is 356 g/mol. The predicted molar refractivity (Wildman–Crippen MR) is 98.4 cm³/mol. The fraction of sp³-hybridized carbons (Fsp3) is 0.250. The van der Waals surface area contributed by atoms with E-state index in [4.69, 9.17) is 9.26 Å². The summed E-state index contributed by atoms with van der Waals surface area (Å²) in [6, 6.07) is 18.9. The van der Waals surface area contributed by atoms with Crippen LogP contribution in [0, 0.1) is 0 Å². The molecule has 4 nitrogen and oxygen atoms in total. The Kier molecular flexibility index (Phi) is 5.22. The number of hydrogen-bond acceptors (Lipinski definition) is 4. The van der Waals surface area contributed by atoms with Crippen molar-refractivity contribution in [1.82, 2.24) is 0 Å². The molecule has 2 atom stereocenters. The van der Waals surface area contributed by atoms with E-state index in [1.807, 2.05) is 67.6 Å². The highest BCUT2D eigenvalue weighted by atomic mass is 31.2. The molecular weight excluding hydrogens is 335 g/mol. The Morgan fingerprint density at radius 1 is 1.08 bits per heavy atom. The second-order valence-electron chi connectivity index (χ2n) is 5.83. The molecule has 3 rings (SSSR count). The van der Waals surface area contributed by atoms with Crippen LogP contribution in [0.4, 0.5) is 0 Å². The van der Waals surface area contributed by atoms with E-state index in [1.165, 1.54) is 7.11 Å². The van der Waals surface area contributed by atoms with Gasteiger partial charge in [0.15, 0.2) is 0 Å². The van der Waals surface area contributed by atoms with Crippen molar-refractivity contribution < 1.29 is 18.6 Å². The fourth-order valence-corrected chi connectivity index (χ4v) is 6.40. The van der Waals surface area contributed by atoms with Crippen LogP contribution in [0.15, 0.2) is 66.2 Å². The lowest BCUT2D eigenvalue weighted by molar-refractivity contribution is -0.136. The number of methoxy groups -OCH3 is 1. The first-order valence-corrected chi connectivity index (χ1v) is 9.97. The first-order chi connectivity index (χ1) is 12.1. The zero-order valence-corrected chi connectivity index (χ0v) is 15.2. The summed E-state index contributed by atoms with van der Waals surface area (Å²) >= 11 is 0. The Labute approximate surface area is 147 Å². The lowest BCUT2D eigenvalue weighted by atomic mass is 10.0. The minimum atomic E-state index is -3.28. The summed E-state index contributed by atoms with van der Waals surface area (Å²) in [4.78, 5) is 12.4. The van der Waals surface area contributed by atoms with Gasteiger partial charge in [-0.25, -0.2) is 4.79 Å². The van der Waals surface area contributed by atoms with Gasteiger partial charge in [0, 0.05) is 0 Å². The maximum atomic E-state index is 14.0. The third-order valence-electron chi connectivity index (χ3n) is 4.39. The zero-order valence-electron chi connectivity index (χ0n) is 14.3. The molecule has 2 aromatic carbocycles. The van der Waals surface area contributed by atoms with Crippen LogP contribution in [-0.2, 0) is 18.6 Å². The number of rotatable bonds is 5. The van der Waals surface area contributed by atoms with Gasteiger partial charge >= 0.3 is 5.97 Å². The summed E-state index contributed by atoms with van der Waals surface area (Å²) < 4.78 is 24.8. The molecule has 0 saturated carbocycles. The van der Waals surface area contributed by atoms with Crippen LogP contribution < -0.4 is 0 Å². The molecule has 1 aliphatic rings. The van der Waals surface area contributed by atoms with E-state index in [-0.39, 0.29) is 5.66 Å². The van der Waals surface area contributed by atoms with Gasteiger partial charge in [0.2, 0.25) is 7.37 Å². The Morgan fingerprint density at radius 2 is 1.68 bits per heavy atom. The van der Waals surface area contributed by atoms with Crippen molar-refractivity contribution in [3.05, 3.63) is 77.4 Å². The number of ether oxygens (including phenoxy) is 1. The smallest absolute Gasteiger partial charge is 0.334 e. The number of hydrogen-bond donors (Lipinski definition) is 0. The van der Waals surface area contributed by atoms with E-state index in [9.17, 15) is 9.36 Å². The minimum Gasteiger partial charge on any atom is -0.466 e. The lowest BCUT2D eigenvalue weighted by Gasteiger charge is -2.23. The molecule has 2 aromatic rings. The number of esters is 1. The molecule has 0 bridgehead atoms. The first kappa shape index (κ1) is 17.7. The van der Waals surface area contributed by atoms with Crippen LogP contribution in [0.25, 0.3) is 5.31 Å². The Morgan fingerprint density at radius 3 is 2.24 bits per heavy atom. The molecule has 0 amide bonds. The van der Waals surface area contributed by atoms with Gasteiger partial charge in [0.1, 0.15) is 0 Å². The monoisotopic (exact) mass is 356 g/mol. The van der Waals surface area contributed by atoms with Gasteiger partial charge < -0.3 is 9.26 Å². The molecule has 1 aliphatic heterocycles. The normalized spacial score (nSPS) is 22.9. The zero-order chi connectivity index (χ0) is 17.9. The molecule has 2 unspecified atom stereocenters. The highest BCUT2D eigenvalue weighted by Crippen LogP contribution is 2.76. The quantitative estimate of drug-likeness (QED) is 0.557. The van der Waals surface area contributed by atoms with Crippen molar-refractivity contribution in [2.75, 3.05) is 13.7 Å². The second kappa shape index (κ2) is 7.38. The maximum Gasteiger partial charge on any atom is 0.334 e. The molecule has 25 heavy (non-hydrogen) atoms. The van der Waals surface area contributed by atoms with Crippen LogP contribution in [-0.4, -0.2) is 19.7 Å². The van der Waals surface area contributed by atoms with Gasteiger partial charge in [0.25, 0.3) is 0 Å². The summed E-state index contributed by atoms with van der Waals surface area (Å²) in [5.41, 5.74) is 1.72. The molecule has 0 aliphatic carbocycles. The molecule has 0 fully saturated rings. The molecule has 0 radical (unpaired) electrons. The third-order valence-corrected chi connectivity index (χ3v) is 7.48. The molecule has 0 N–H and O–H groups in total. The molecular formula is C20H21O4P. The molecule has 1 heterocycles. The van der Waals surface area contributed by atoms with Crippen molar-refractivity contribution >= 4 is 18.7 Å². The Hall–Kier alpha value is -2.16. The van der Waals surface area contributed by atoms with E-state index in [0.717, 1.165) is 11.1 Å². The van der Waals surface area contributed by atoms with E-state index in [0.29, 0.717) is 23.9 Å². The van der Waals surface area contributed by atoms with E-state index >= 15 is 0 Å². The van der Waals surface area contributed by atoms with Gasteiger partial charge in [-0.2, -0.15) is 0 Å². The largest absolute Gasteiger partial charge is 0.466 e. The van der Waals surface area contributed by atoms with Crippen LogP contribution in [0.2, 0.25) is 0 Å². The predicted octanol–water partition coefficient (Wildman–Crippen LogP) is 5.03. The van der Waals surface area contributed by atoms with Crippen molar-refractivity contribution in [1.29, 1.82) is 0 Å². The van der Waals surface area contributed by atoms with Crippen molar-refractivity contribution in [3.63, 3.8) is 0 Å². The van der Waals surface area contributed by atoms with Gasteiger partial charge in [-0.15, -0.1) is 0 Å². The van der Waals surface area contributed by atoms with Gasteiger partial charge in [-0.05, 0) is 24.5 Å². The lowest BCUT2D eigenvalue weighted by Crippen LogP contribution is -2.05. The summed E-state index contributed by atoms with van der Waals surface area (Å²) in [7, 11) is -1.93. The van der Waals surface area contributed by atoms with Crippen LogP contribution in [0.1, 0.15) is 30.1 Å². The minimum absolute atomic E-state index is 0.311.